The summed E-state index contributed by atoms with van der Waals surface area (Å²) in [6.45, 7) is 2.09. The molecule has 0 bridgehead atoms. The fourth-order valence-corrected chi connectivity index (χ4v) is 2.39. The number of esters is 1. The van der Waals surface area contributed by atoms with Crippen LogP contribution in [0.2, 0.25) is 0 Å². The van der Waals surface area contributed by atoms with Gasteiger partial charge in [0.2, 0.25) is 0 Å². The van der Waals surface area contributed by atoms with Crippen LogP contribution in [0.1, 0.15) is 23.2 Å². The minimum atomic E-state index is -0.211. The molecule has 17 heavy (non-hydrogen) atoms. The first-order valence-electron chi connectivity index (χ1n) is 5.93. The Hall–Kier alpha value is -0.870. The molecule has 0 radical (unpaired) electrons. The summed E-state index contributed by atoms with van der Waals surface area (Å²) in [7, 11) is 2.14. The smallest absolute Gasteiger partial charge is 0.338 e. The van der Waals surface area contributed by atoms with Gasteiger partial charge in [0.15, 0.2) is 6.10 Å². The molecule has 1 unspecified atom stereocenters. The summed E-state index contributed by atoms with van der Waals surface area (Å²) in [6.07, 6.45) is 2.18. The van der Waals surface area contributed by atoms with Gasteiger partial charge in [-0.15, -0.1) is 0 Å². The molecule has 0 spiro atoms. The zero-order chi connectivity index (χ0) is 12.3. The largest absolute Gasteiger partial charge is 0.453 e. The number of quaternary nitrogens is 1. The molecule has 1 saturated heterocycles. The van der Waals surface area contributed by atoms with E-state index in [4.69, 9.17) is 4.74 Å². The van der Waals surface area contributed by atoms with E-state index >= 15 is 0 Å². The van der Waals surface area contributed by atoms with Crippen molar-refractivity contribution in [3.05, 3.63) is 34.3 Å². The number of rotatable bonds is 2. The lowest BCUT2D eigenvalue weighted by Gasteiger charge is -2.26. The van der Waals surface area contributed by atoms with Gasteiger partial charge < -0.3 is 9.64 Å². The highest BCUT2D eigenvalue weighted by atomic mass is 79.9. The van der Waals surface area contributed by atoms with E-state index in [1.165, 1.54) is 11.4 Å². The highest BCUT2D eigenvalue weighted by Crippen LogP contribution is 2.13. The normalized spacial score (nSPS) is 24.4. The Labute approximate surface area is 110 Å². The first-order chi connectivity index (χ1) is 8.15. The standard InChI is InChI=1S/C13H16BrNO2/c1-15-8-2-3-12(9-15)17-13(16)10-4-6-11(14)7-5-10/h4-7,12H,2-3,8-9H2,1H3/p+1/t12-/m0/s1. The third-order valence-corrected chi connectivity index (χ3v) is 3.59. The molecule has 1 aromatic rings. The van der Waals surface area contributed by atoms with Crippen LogP contribution < -0.4 is 4.90 Å². The molecule has 92 valence electrons. The van der Waals surface area contributed by atoms with Crippen molar-refractivity contribution in [2.24, 2.45) is 0 Å². The number of carbonyl (C=O) groups excluding carboxylic acids is 1. The van der Waals surface area contributed by atoms with Gasteiger partial charge in [0.1, 0.15) is 6.54 Å². The fourth-order valence-electron chi connectivity index (χ4n) is 2.13. The van der Waals surface area contributed by atoms with Crippen LogP contribution in [-0.2, 0) is 4.74 Å². The summed E-state index contributed by atoms with van der Waals surface area (Å²) < 4.78 is 6.48. The van der Waals surface area contributed by atoms with Gasteiger partial charge in [0.25, 0.3) is 0 Å². The molecule has 0 aliphatic carbocycles. The maximum atomic E-state index is 11.9. The number of carbonyl (C=O) groups is 1. The van der Waals surface area contributed by atoms with Crippen molar-refractivity contribution in [3.8, 4) is 0 Å². The lowest BCUT2D eigenvalue weighted by molar-refractivity contribution is -0.888. The van der Waals surface area contributed by atoms with E-state index in [0.29, 0.717) is 5.56 Å². The van der Waals surface area contributed by atoms with Crippen molar-refractivity contribution < 1.29 is 14.4 Å². The Kier molecular flexibility index (Phi) is 4.18. The molecular formula is C13H17BrNO2+. The molecular weight excluding hydrogens is 282 g/mol. The van der Waals surface area contributed by atoms with Crippen LogP contribution in [0.4, 0.5) is 0 Å². The molecule has 2 atom stereocenters. The molecule has 4 heteroatoms. The van der Waals surface area contributed by atoms with Crippen molar-refractivity contribution in [1.82, 2.24) is 0 Å². The average molecular weight is 299 g/mol. The van der Waals surface area contributed by atoms with Crippen molar-refractivity contribution in [3.63, 3.8) is 0 Å². The summed E-state index contributed by atoms with van der Waals surface area (Å²) in [5.41, 5.74) is 0.622. The Morgan fingerprint density at radius 3 is 2.76 bits per heavy atom. The van der Waals surface area contributed by atoms with E-state index in [1.807, 2.05) is 12.1 Å². The number of hydrogen-bond donors (Lipinski definition) is 1. The second-order valence-electron chi connectivity index (χ2n) is 4.59. The van der Waals surface area contributed by atoms with Gasteiger partial charge in [0.05, 0.1) is 19.2 Å². The summed E-state index contributed by atoms with van der Waals surface area (Å²) >= 11 is 3.35. The third kappa shape index (κ3) is 3.54. The van der Waals surface area contributed by atoms with Gasteiger partial charge in [-0.2, -0.15) is 0 Å². The van der Waals surface area contributed by atoms with Crippen LogP contribution in [0, 0.1) is 0 Å². The first kappa shape index (κ1) is 12.6. The number of piperidine rings is 1. The second kappa shape index (κ2) is 5.65. The molecule has 1 aliphatic rings. The van der Waals surface area contributed by atoms with Crippen LogP contribution in [-0.4, -0.2) is 32.2 Å². The van der Waals surface area contributed by atoms with Crippen molar-refractivity contribution in [2.75, 3.05) is 20.1 Å². The first-order valence-corrected chi connectivity index (χ1v) is 6.72. The quantitative estimate of drug-likeness (QED) is 0.834. The summed E-state index contributed by atoms with van der Waals surface area (Å²) in [5.74, 6) is -0.211. The van der Waals surface area contributed by atoms with E-state index in [2.05, 4.69) is 23.0 Å². The molecule has 0 amide bonds. The molecule has 0 saturated carbocycles. The Bertz CT molecular complexity index is 391. The Morgan fingerprint density at radius 1 is 1.41 bits per heavy atom. The number of ether oxygens (including phenoxy) is 1. The molecule has 0 aromatic heterocycles. The van der Waals surface area contributed by atoms with Crippen LogP contribution >= 0.6 is 15.9 Å². The third-order valence-electron chi connectivity index (χ3n) is 3.06. The maximum absolute atomic E-state index is 11.9. The number of nitrogens with one attached hydrogen (secondary N) is 1. The predicted octanol–water partition coefficient (Wildman–Crippen LogP) is 1.28. The van der Waals surface area contributed by atoms with Gasteiger partial charge in [-0.05, 0) is 30.7 Å². The number of halogens is 1. The SMILES string of the molecule is C[NH+]1CCC[C@H](OC(=O)c2ccc(Br)cc2)C1. The zero-order valence-electron chi connectivity index (χ0n) is 9.91. The average Bonchev–Trinajstić information content (AvgIpc) is 2.29. The number of benzene rings is 1. The summed E-state index contributed by atoms with van der Waals surface area (Å²) in [6, 6.07) is 7.28. The van der Waals surface area contributed by atoms with Gasteiger partial charge in [-0.25, -0.2) is 4.79 Å². The van der Waals surface area contributed by atoms with Crippen molar-refractivity contribution >= 4 is 21.9 Å². The minimum absolute atomic E-state index is 0.0693. The second-order valence-corrected chi connectivity index (χ2v) is 5.50. The zero-order valence-corrected chi connectivity index (χ0v) is 11.5. The molecule has 1 aromatic carbocycles. The molecule has 1 N–H and O–H groups in total. The highest BCUT2D eigenvalue weighted by molar-refractivity contribution is 9.10. The number of hydrogen-bond acceptors (Lipinski definition) is 2. The Balaban J connectivity index is 1.94. The molecule has 3 nitrogen and oxygen atoms in total. The summed E-state index contributed by atoms with van der Waals surface area (Å²) in [5, 5.41) is 0. The topological polar surface area (TPSA) is 30.7 Å². The van der Waals surface area contributed by atoms with E-state index in [0.717, 1.165) is 23.9 Å². The van der Waals surface area contributed by atoms with Gasteiger partial charge >= 0.3 is 5.97 Å². The lowest BCUT2D eigenvalue weighted by atomic mass is 10.1. The summed E-state index contributed by atoms with van der Waals surface area (Å²) in [4.78, 5) is 13.3. The molecule has 2 rings (SSSR count). The minimum Gasteiger partial charge on any atom is -0.453 e. The van der Waals surface area contributed by atoms with Crippen LogP contribution in [0.15, 0.2) is 28.7 Å². The van der Waals surface area contributed by atoms with E-state index in [-0.39, 0.29) is 12.1 Å². The maximum Gasteiger partial charge on any atom is 0.338 e. The Morgan fingerprint density at radius 2 is 2.12 bits per heavy atom. The molecule has 1 fully saturated rings. The number of likely N-dealkylation sites (N-methyl/N-ethyl adjacent to an activating group) is 1. The highest BCUT2D eigenvalue weighted by Gasteiger charge is 2.23. The van der Waals surface area contributed by atoms with E-state index < -0.39 is 0 Å². The van der Waals surface area contributed by atoms with E-state index in [1.54, 1.807) is 12.1 Å². The van der Waals surface area contributed by atoms with Crippen LogP contribution in [0.3, 0.4) is 0 Å². The van der Waals surface area contributed by atoms with Crippen LogP contribution in [0.5, 0.6) is 0 Å². The van der Waals surface area contributed by atoms with Crippen LogP contribution in [0.25, 0.3) is 0 Å². The monoisotopic (exact) mass is 298 g/mol. The van der Waals surface area contributed by atoms with E-state index in [9.17, 15) is 4.79 Å². The van der Waals surface area contributed by atoms with Gasteiger partial charge in [-0.1, -0.05) is 15.9 Å². The van der Waals surface area contributed by atoms with Gasteiger partial charge in [-0.3, -0.25) is 0 Å². The molecule has 1 aliphatic heterocycles. The molecule has 1 heterocycles. The predicted molar refractivity (Wildman–Crippen MR) is 69.2 cm³/mol. The number of likely N-dealkylation sites (tertiary alicyclic amines) is 1. The van der Waals surface area contributed by atoms with Crippen molar-refractivity contribution in [2.45, 2.75) is 18.9 Å². The lowest BCUT2D eigenvalue weighted by Crippen LogP contribution is -3.11. The van der Waals surface area contributed by atoms with Gasteiger partial charge in [0, 0.05) is 10.9 Å². The fraction of sp³-hybridized carbons (Fsp3) is 0.462. The van der Waals surface area contributed by atoms with Crippen molar-refractivity contribution in [1.29, 1.82) is 0 Å².